The van der Waals surface area contributed by atoms with Gasteiger partial charge in [0.25, 0.3) is 0 Å². The third-order valence-electron chi connectivity index (χ3n) is 3.17. The summed E-state index contributed by atoms with van der Waals surface area (Å²) in [6.07, 6.45) is 4.48. The molecule has 0 aromatic heterocycles. The van der Waals surface area contributed by atoms with Crippen LogP contribution in [0.15, 0.2) is 0 Å². The third-order valence-corrected chi connectivity index (χ3v) is 3.17. The highest BCUT2D eigenvalue weighted by atomic mass is 16.3. The molecular formula is C11H20N2O2. The molecule has 1 unspecified atom stereocenters. The fraction of sp³-hybridized carbons (Fsp3) is 0.909. The summed E-state index contributed by atoms with van der Waals surface area (Å²) in [7, 11) is 0. The zero-order valence-electron chi connectivity index (χ0n) is 9.11. The van der Waals surface area contributed by atoms with Gasteiger partial charge in [0.05, 0.1) is 6.54 Å². The van der Waals surface area contributed by atoms with Gasteiger partial charge in [-0.2, -0.15) is 0 Å². The number of carbonyl (C=O) groups is 1. The van der Waals surface area contributed by atoms with Crippen LogP contribution >= 0.6 is 0 Å². The molecule has 2 rings (SSSR count). The van der Waals surface area contributed by atoms with Crippen LogP contribution in [0.4, 0.5) is 0 Å². The van der Waals surface area contributed by atoms with E-state index >= 15 is 0 Å². The minimum absolute atomic E-state index is 0.149. The summed E-state index contributed by atoms with van der Waals surface area (Å²) in [5, 5.41) is 12.1. The Hall–Kier alpha value is -0.610. The highest BCUT2D eigenvalue weighted by molar-refractivity contribution is 5.78. The fourth-order valence-electron chi connectivity index (χ4n) is 2.15. The van der Waals surface area contributed by atoms with E-state index in [-0.39, 0.29) is 12.5 Å². The van der Waals surface area contributed by atoms with Gasteiger partial charge in [-0.1, -0.05) is 0 Å². The summed E-state index contributed by atoms with van der Waals surface area (Å²) in [4.78, 5) is 13.7. The standard InChI is InChI=1S/C11H20N2O2/c14-8-9-2-1-5-13(6-9)7-11(15)12-10-3-4-10/h9-10,14H,1-8H2,(H,12,15). The van der Waals surface area contributed by atoms with Crippen molar-refractivity contribution < 1.29 is 9.90 Å². The van der Waals surface area contributed by atoms with Crippen LogP contribution in [-0.2, 0) is 4.79 Å². The Morgan fingerprint density at radius 1 is 1.40 bits per heavy atom. The molecule has 1 amide bonds. The van der Waals surface area contributed by atoms with Crippen molar-refractivity contribution >= 4 is 5.91 Å². The van der Waals surface area contributed by atoms with Gasteiger partial charge in [-0.25, -0.2) is 0 Å². The number of hydrogen-bond acceptors (Lipinski definition) is 3. The van der Waals surface area contributed by atoms with Gasteiger partial charge < -0.3 is 10.4 Å². The van der Waals surface area contributed by atoms with Crippen LogP contribution < -0.4 is 5.32 Å². The molecule has 1 heterocycles. The molecule has 2 N–H and O–H groups in total. The lowest BCUT2D eigenvalue weighted by Gasteiger charge is -2.31. The zero-order chi connectivity index (χ0) is 10.7. The maximum absolute atomic E-state index is 11.5. The van der Waals surface area contributed by atoms with Gasteiger partial charge in [0.2, 0.25) is 5.91 Å². The van der Waals surface area contributed by atoms with E-state index in [2.05, 4.69) is 10.2 Å². The van der Waals surface area contributed by atoms with Crippen LogP contribution in [-0.4, -0.2) is 48.2 Å². The number of nitrogens with one attached hydrogen (secondary N) is 1. The number of likely N-dealkylation sites (tertiary alicyclic amines) is 1. The van der Waals surface area contributed by atoms with Crippen molar-refractivity contribution in [1.82, 2.24) is 10.2 Å². The minimum Gasteiger partial charge on any atom is -0.396 e. The first kappa shape index (κ1) is 10.9. The number of aliphatic hydroxyl groups is 1. The number of piperidine rings is 1. The normalized spacial score (nSPS) is 27.7. The van der Waals surface area contributed by atoms with Crippen LogP contribution in [0.5, 0.6) is 0 Å². The molecule has 0 aromatic rings. The molecule has 4 nitrogen and oxygen atoms in total. The SMILES string of the molecule is O=C(CN1CCCC(CO)C1)NC1CC1. The van der Waals surface area contributed by atoms with E-state index in [1.165, 1.54) is 0 Å². The Bertz CT molecular complexity index is 229. The van der Waals surface area contributed by atoms with Crippen molar-refractivity contribution in [3.8, 4) is 0 Å². The van der Waals surface area contributed by atoms with Gasteiger partial charge in [0.15, 0.2) is 0 Å². The molecule has 2 aliphatic rings. The maximum Gasteiger partial charge on any atom is 0.234 e. The van der Waals surface area contributed by atoms with E-state index in [1.807, 2.05) is 0 Å². The lowest BCUT2D eigenvalue weighted by atomic mass is 9.99. The summed E-state index contributed by atoms with van der Waals surface area (Å²) < 4.78 is 0. The highest BCUT2D eigenvalue weighted by Gasteiger charge is 2.25. The Balaban J connectivity index is 1.70. The average Bonchev–Trinajstić information content (AvgIpc) is 3.02. The van der Waals surface area contributed by atoms with Crippen molar-refractivity contribution in [2.75, 3.05) is 26.2 Å². The largest absolute Gasteiger partial charge is 0.396 e. The average molecular weight is 212 g/mol. The molecule has 86 valence electrons. The minimum atomic E-state index is 0.149. The molecule has 4 heteroatoms. The Labute approximate surface area is 90.6 Å². The van der Waals surface area contributed by atoms with E-state index in [4.69, 9.17) is 5.11 Å². The number of amides is 1. The number of carbonyl (C=O) groups excluding carboxylic acids is 1. The Morgan fingerprint density at radius 3 is 2.87 bits per heavy atom. The summed E-state index contributed by atoms with van der Waals surface area (Å²) in [6.45, 7) is 2.62. The highest BCUT2D eigenvalue weighted by Crippen LogP contribution is 2.19. The smallest absolute Gasteiger partial charge is 0.234 e. The quantitative estimate of drug-likeness (QED) is 0.688. The molecule has 1 saturated carbocycles. The zero-order valence-corrected chi connectivity index (χ0v) is 9.11. The van der Waals surface area contributed by atoms with Crippen molar-refractivity contribution in [1.29, 1.82) is 0 Å². The van der Waals surface area contributed by atoms with Crippen LogP contribution in [0.1, 0.15) is 25.7 Å². The van der Waals surface area contributed by atoms with Crippen molar-refractivity contribution in [3.05, 3.63) is 0 Å². The Morgan fingerprint density at radius 2 is 2.20 bits per heavy atom. The van der Waals surface area contributed by atoms with Crippen LogP contribution in [0, 0.1) is 5.92 Å². The monoisotopic (exact) mass is 212 g/mol. The van der Waals surface area contributed by atoms with Gasteiger partial charge >= 0.3 is 0 Å². The summed E-state index contributed by atoms with van der Waals surface area (Å²) >= 11 is 0. The molecule has 0 aromatic carbocycles. The van der Waals surface area contributed by atoms with Crippen LogP contribution in [0.2, 0.25) is 0 Å². The molecule has 1 atom stereocenters. The van der Waals surface area contributed by atoms with E-state index in [1.54, 1.807) is 0 Å². The van der Waals surface area contributed by atoms with E-state index in [9.17, 15) is 4.79 Å². The predicted octanol–water partition coefficient (Wildman–Crippen LogP) is -0.0307. The lowest BCUT2D eigenvalue weighted by molar-refractivity contribution is -0.122. The van der Waals surface area contributed by atoms with Crippen molar-refractivity contribution in [3.63, 3.8) is 0 Å². The lowest BCUT2D eigenvalue weighted by Crippen LogP contribution is -2.43. The molecule has 1 saturated heterocycles. The van der Waals surface area contributed by atoms with Crippen LogP contribution in [0.25, 0.3) is 0 Å². The van der Waals surface area contributed by atoms with Gasteiger partial charge in [0.1, 0.15) is 0 Å². The van der Waals surface area contributed by atoms with E-state index < -0.39 is 0 Å². The van der Waals surface area contributed by atoms with Gasteiger partial charge in [-0.15, -0.1) is 0 Å². The van der Waals surface area contributed by atoms with Gasteiger partial charge in [0, 0.05) is 19.2 Å². The molecular weight excluding hydrogens is 192 g/mol. The first-order chi connectivity index (χ1) is 7.28. The number of aliphatic hydroxyl groups excluding tert-OH is 1. The van der Waals surface area contributed by atoms with Crippen molar-refractivity contribution in [2.45, 2.75) is 31.7 Å². The molecule has 1 aliphatic heterocycles. The fourth-order valence-corrected chi connectivity index (χ4v) is 2.15. The molecule has 15 heavy (non-hydrogen) atoms. The van der Waals surface area contributed by atoms with Gasteiger partial charge in [-0.05, 0) is 38.1 Å². The third kappa shape index (κ3) is 3.47. The van der Waals surface area contributed by atoms with Crippen LogP contribution in [0.3, 0.4) is 0 Å². The molecule has 0 radical (unpaired) electrons. The second kappa shape index (κ2) is 4.94. The summed E-state index contributed by atoms with van der Waals surface area (Å²) in [5.41, 5.74) is 0. The maximum atomic E-state index is 11.5. The summed E-state index contributed by atoms with van der Waals surface area (Å²) in [5.74, 6) is 0.517. The van der Waals surface area contributed by atoms with Crippen molar-refractivity contribution in [2.24, 2.45) is 5.92 Å². The first-order valence-electron chi connectivity index (χ1n) is 5.90. The summed E-state index contributed by atoms with van der Waals surface area (Å²) in [6, 6.07) is 0.455. The molecule has 2 fully saturated rings. The second-order valence-corrected chi connectivity index (χ2v) is 4.77. The van der Waals surface area contributed by atoms with Gasteiger partial charge in [-0.3, -0.25) is 9.69 Å². The number of nitrogens with zero attached hydrogens (tertiary/aromatic N) is 1. The Kier molecular flexibility index (Phi) is 3.59. The predicted molar refractivity (Wildman–Crippen MR) is 57.4 cm³/mol. The second-order valence-electron chi connectivity index (χ2n) is 4.77. The van der Waals surface area contributed by atoms with E-state index in [0.717, 1.165) is 38.8 Å². The molecule has 0 spiro atoms. The first-order valence-corrected chi connectivity index (χ1v) is 5.90. The number of hydrogen-bond donors (Lipinski definition) is 2. The molecule has 0 bridgehead atoms. The topological polar surface area (TPSA) is 52.6 Å². The molecule has 1 aliphatic carbocycles. The number of rotatable bonds is 4. The van der Waals surface area contributed by atoms with E-state index in [0.29, 0.717) is 18.5 Å².